The second-order valence-electron chi connectivity index (χ2n) is 5.80. The third kappa shape index (κ3) is 4.18. The molecule has 0 aromatic carbocycles. The minimum Gasteiger partial charge on any atom is -0.480 e. The van der Waals surface area contributed by atoms with Crippen molar-refractivity contribution in [1.29, 1.82) is 0 Å². The van der Waals surface area contributed by atoms with E-state index in [1.165, 1.54) is 13.8 Å². The lowest BCUT2D eigenvalue weighted by molar-refractivity contribution is -0.142. The smallest absolute Gasteiger partial charge is 0.328 e. The highest BCUT2D eigenvalue weighted by atomic mass is 16.5. The Labute approximate surface area is 107 Å². The van der Waals surface area contributed by atoms with Crippen molar-refractivity contribution in [3.05, 3.63) is 0 Å². The number of urea groups is 1. The largest absolute Gasteiger partial charge is 0.480 e. The summed E-state index contributed by atoms with van der Waals surface area (Å²) in [6, 6.07) is -0.490. The normalized spacial score (nSPS) is 22.6. The van der Waals surface area contributed by atoms with Crippen LogP contribution in [0.25, 0.3) is 0 Å². The van der Waals surface area contributed by atoms with E-state index in [2.05, 4.69) is 10.6 Å². The molecule has 0 aromatic heterocycles. The fourth-order valence-corrected chi connectivity index (χ4v) is 1.81. The number of carbonyl (C=O) groups is 2. The van der Waals surface area contributed by atoms with Crippen LogP contribution in [0.5, 0.6) is 0 Å². The third-order valence-corrected chi connectivity index (χ3v) is 3.01. The van der Waals surface area contributed by atoms with Crippen LogP contribution in [-0.4, -0.2) is 40.9 Å². The summed E-state index contributed by atoms with van der Waals surface area (Å²) in [6.07, 6.45) is 1.86. The Balaban J connectivity index is 2.32. The van der Waals surface area contributed by atoms with Gasteiger partial charge in [0.2, 0.25) is 0 Å². The molecule has 18 heavy (non-hydrogen) atoms. The number of amides is 2. The van der Waals surface area contributed by atoms with Crippen LogP contribution in [0.1, 0.15) is 40.5 Å². The fourth-order valence-electron chi connectivity index (χ4n) is 1.81. The van der Waals surface area contributed by atoms with Crippen LogP contribution in [0.4, 0.5) is 4.79 Å². The Morgan fingerprint density at radius 1 is 1.44 bits per heavy atom. The van der Waals surface area contributed by atoms with Crippen LogP contribution < -0.4 is 10.6 Å². The van der Waals surface area contributed by atoms with E-state index in [0.717, 1.165) is 12.8 Å². The molecular weight excluding hydrogens is 236 g/mol. The maximum Gasteiger partial charge on any atom is 0.328 e. The van der Waals surface area contributed by atoms with Gasteiger partial charge in [-0.05, 0) is 40.5 Å². The van der Waals surface area contributed by atoms with Gasteiger partial charge in [0.25, 0.3) is 0 Å². The van der Waals surface area contributed by atoms with Crippen LogP contribution >= 0.6 is 0 Å². The van der Waals surface area contributed by atoms with Crippen molar-refractivity contribution in [2.45, 2.75) is 57.8 Å². The first-order valence-corrected chi connectivity index (χ1v) is 6.10. The van der Waals surface area contributed by atoms with E-state index >= 15 is 0 Å². The van der Waals surface area contributed by atoms with E-state index in [0.29, 0.717) is 6.54 Å². The first kappa shape index (κ1) is 14.8. The molecule has 0 aliphatic carbocycles. The molecule has 3 N–H and O–H groups in total. The summed E-state index contributed by atoms with van der Waals surface area (Å²) in [4.78, 5) is 22.4. The summed E-state index contributed by atoms with van der Waals surface area (Å²) in [6.45, 7) is 7.29. The summed E-state index contributed by atoms with van der Waals surface area (Å²) >= 11 is 0. The van der Waals surface area contributed by atoms with Crippen molar-refractivity contribution in [1.82, 2.24) is 10.6 Å². The van der Waals surface area contributed by atoms with Crippen LogP contribution in [0.3, 0.4) is 0 Å². The van der Waals surface area contributed by atoms with Gasteiger partial charge >= 0.3 is 12.0 Å². The van der Waals surface area contributed by atoms with Gasteiger partial charge in [0.05, 0.1) is 11.7 Å². The zero-order chi connectivity index (χ0) is 14.0. The van der Waals surface area contributed by atoms with Crippen molar-refractivity contribution in [2.24, 2.45) is 0 Å². The number of ether oxygens (including phenoxy) is 1. The van der Waals surface area contributed by atoms with Crippen molar-refractivity contribution in [2.75, 3.05) is 6.54 Å². The predicted molar refractivity (Wildman–Crippen MR) is 66.4 cm³/mol. The molecule has 1 unspecified atom stereocenters. The van der Waals surface area contributed by atoms with Crippen LogP contribution in [0.15, 0.2) is 0 Å². The van der Waals surface area contributed by atoms with E-state index in [1.54, 1.807) is 0 Å². The van der Waals surface area contributed by atoms with Gasteiger partial charge in [-0.1, -0.05) is 0 Å². The highest BCUT2D eigenvalue weighted by molar-refractivity contribution is 5.85. The molecular formula is C12H22N2O4. The highest BCUT2D eigenvalue weighted by Gasteiger charge is 2.32. The van der Waals surface area contributed by atoms with Gasteiger partial charge in [-0.3, -0.25) is 0 Å². The summed E-state index contributed by atoms with van der Waals surface area (Å²) in [7, 11) is 0. The molecule has 1 rings (SSSR count). The molecule has 0 bridgehead atoms. The standard InChI is InChI=1S/C12H22N2O4/c1-11(2)6-5-8(18-11)7-13-10(17)14-12(3,4)9(15)16/h8H,5-7H2,1-4H3,(H,15,16)(H2,13,14,17). The maximum atomic E-state index is 11.5. The number of hydrogen-bond acceptors (Lipinski definition) is 3. The molecule has 1 saturated heterocycles. The summed E-state index contributed by atoms with van der Waals surface area (Å²) < 4.78 is 5.72. The van der Waals surface area contributed by atoms with Crippen LogP contribution in [0.2, 0.25) is 0 Å². The van der Waals surface area contributed by atoms with Crippen molar-refractivity contribution in [3.8, 4) is 0 Å². The van der Waals surface area contributed by atoms with Gasteiger partial charge < -0.3 is 20.5 Å². The summed E-state index contributed by atoms with van der Waals surface area (Å²) in [5.74, 6) is -1.07. The third-order valence-electron chi connectivity index (χ3n) is 3.01. The monoisotopic (exact) mass is 258 g/mol. The van der Waals surface area contributed by atoms with E-state index in [4.69, 9.17) is 9.84 Å². The van der Waals surface area contributed by atoms with Crippen LogP contribution in [0, 0.1) is 0 Å². The fraction of sp³-hybridized carbons (Fsp3) is 0.833. The number of carboxylic acid groups (broad SMARTS) is 1. The summed E-state index contributed by atoms with van der Waals surface area (Å²) in [5.41, 5.74) is -1.41. The van der Waals surface area contributed by atoms with Gasteiger partial charge in [-0.25, -0.2) is 9.59 Å². The predicted octanol–water partition coefficient (Wildman–Crippen LogP) is 1.11. The van der Waals surface area contributed by atoms with Gasteiger partial charge in [-0.15, -0.1) is 0 Å². The van der Waals surface area contributed by atoms with E-state index in [1.807, 2.05) is 13.8 Å². The van der Waals surface area contributed by atoms with Gasteiger partial charge in [0.15, 0.2) is 0 Å². The minimum atomic E-state index is -1.28. The van der Waals surface area contributed by atoms with Gasteiger partial charge in [0, 0.05) is 6.54 Å². The Bertz CT molecular complexity index is 339. The Morgan fingerprint density at radius 3 is 2.50 bits per heavy atom. The molecule has 6 heteroatoms. The molecule has 1 atom stereocenters. The highest BCUT2D eigenvalue weighted by Crippen LogP contribution is 2.28. The summed E-state index contributed by atoms with van der Waals surface area (Å²) in [5, 5.41) is 13.9. The molecule has 1 aliphatic heterocycles. The zero-order valence-corrected chi connectivity index (χ0v) is 11.4. The van der Waals surface area contributed by atoms with E-state index in [9.17, 15) is 9.59 Å². The lowest BCUT2D eigenvalue weighted by Gasteiger charge is -2.23. The second-order valence-corrected chi connectivity index (χ2v) is 5.80. The number of hydrogen-bond donors (Lipinski definition) is 3. The van der Waals surface area contributed by atoms with Crippen LogP contribution in [-0.2, 0) is 9.53 Å². The molecule has 2 amide bonds. The second kappa shape index (κ2) is 5.14. The number of aliphatic carboxylic acids is 1. The first-order chi connectivity index (χ1) is 8.12. The lowest BCUT2D eigenvalue weighted by Crippen LogP contribution is -2.54. The zero-order valence-electron chi connectivity index (χ0n) is 11.4. The van der Waals surface area contributed by atoms with E-state index < -0.39 is 17.5 Å². The quantitative estimate of drug-likeness (QED) is 0.704. The molecule has 1 heterocycles. The Morgan fingerprint density at radius 2 is 2.06 bits per heavy atom. The molecule has 0 spiro atoms. The average molecular weight is 258 g/mol. The Kier molecular flexibility index (Phi) is 4.21. The van der Waals surface area contributed by atoms with Gasteiger partial charge in [-0.2, -0.15) is 0 Å². The number of carboxylic acids is 1. The molecule has 1 aliphatic rings. The molecule has 0 aromatic rings. The average Bonchev–Trinajstić information content (AvgIpc) is 2.54. The van der Waals surface area contributed by atoms with Crippen molar-refractivity contribution in [3.63, 3.8) is 0 Å². The minimum absolute atomic E-state index is 0.00121. The topological polar surface area (TPSA) is 87.7 Å². The van der Waals surface area contributed by atoms with Gasteiger partial charge in [0.1, 0.15) is 5.54 Å². The Hall–Kier alpha value is -1.30. The van der Waals surface area contributed by atoms with E-state index in [-0.39, 0.29) is 11.7 Å². The first-order valence-electron chi connectivity index (χ1n) is 6.10. The molecule has 1 fully saturated rings. The lowest BCUT2D eigenvalue weighted by atomic mass is 10.1. The number of carbonyl (C=O) groups excluding carboxylic acids is 1. The number of nitrogens with one attached hydrogen (secondary N) is 2. The molecule has 6 nitrogen and oxygen atoms in total. The van der Waals surface area contributed by atoms with Crippen molar-refractivity contribution < 1.29 is 19.4 Å². The SMILES string of the molecule is CC1(C)CCC(CNC(=O)NC(C)(C)C(=O)O)O1. The molecule has 104 valence electrons. The molecule has 0 radical (unpaired) electrons. The molecule has 0 saturated carbocycles. The van der Waals surface area contributed by atoms with Crippen molar-refractivity contribution >= 4 is 12.0 Å². The maximum absolute atomic E-state index is 11.5. The number of rotatable bonds is 4.